The van der Waals surface area contributed by atoms with Gasteiger partial charge < -0.3 is 9.80 Å². The molecule has 6 heteroatoms. The molecule has 0 aromatic heterocycles. The van der Waals surface area contributed by atoms with Crippen LogP contribution in [-0.4, -0.2) is 43.0 Å². The molecule has 0 saturated carbocycles. The van der Waals surface area contributed by atoms with Gasteiger partial charge in [0, 0.05) is 27.2 Å². The van der Waals surface area contributed by atoms with Crippen LogP contribution in [0.25, 0.3) is 0 Å². The van der Waals surface area contributed by atoms with Crippen LogP contribution in [0.4, 0.5) is 18.0 Å². The molecule has 0 bridgehead atoms. The fourth-order valence-electron chi connectivity index (χ4n) is 3.13. The van der Waals surface area contributed by atoms with E-state index in [0.717, 1.165) is 25.5 Å². The van der Waals surface area contributed by atoms with Crippen LogP contribution in [0.1, 0.15) is 30.4 Å². The van der Waals surface area contributed by atoms with Crippen molar-refractivity contribution in [3.8, 4) is 0 Å². The van der Waals surface area contributed by atoms with E-state index in [0.29, 0.717) is 24.9 Å². The van der Waals surface area contributed by atoms with Gasteiger partial charge in [0.1, 0.15) is 0 Å². The number of likely N-dealkylation sites (tertiary alicyclic amines) is 1. The maximum absolute atomic E-state index is 13.0. The minimum Gasteiger partial charge on any atom is -0.331 e. The summed E-state index contributed by atoms with van der Waals surface area (Å²) in [5.74, 6) is 0.258. The molecule has 1 aromatic rings. The lowest BCUT2D eigenvalue weighted by molar-refractivity contribution is -0.138. The highest BCUT2D eigenvalue weighted by Gasteiger charge is 2.33. The fraction of sp³-hybridized carbons (Fsp3) is 0.588. The molecule has 1 aliphatic rings. The minimum atomic E-state index is -4.31. The first-order valence-electron chi connectivity index (χ1n) is 7.90. The first kappa shape index (κ1) is 17.6. The van der Waals surface area contributed by atoms with Gasteiger partial charge in [-0.05, 0) is 43.2 Å². The van der Waals surface area contributed by atoms with Crippen LogP contribution >= 0.6 is 0 Å². The van der Waals surface area contributed by atoms with Gasteiger partial charge in [0.25, 0.3) is 0 Å². The Morgan fingerprint density at radius 3 is 2.65 bits per heavy atom. The van der Waals surface area contributed by atoms with Crippen molar-refractivity contribution < 1.29 is 18.0 Å². The van der Waals surface area contributed by atoms with Gasteiger partial charge in [0.05, 0.1) is 5.56 Å². The van der Waals surface area contributed by atoms with Crippen LogP contribution in [0.3, 0.4) is 0 Å². The molecule has 1 aliphatic heterocycles. The van der Waals surface area contributed by atoms with Crippen LogP contribution < -0.4 is 0 Å². The first-order valence-corrected chi connectivity index (χ1v) is 7.90. The highest BCUT2D eigenvalue weighted by Crippen LogP contribution is 2.33. The number of rotatable bonds is 3. The number of hydrogen-bond donors (Lipinski definition) is 0. The zero-order valence-electron chi connectivity index (χ0n) is 13.6. The molecule has 0 aliphatic carbocycles. The number of alkyl halides is 3. The van der Waals surface area contributed by atoms with E-state index in [-0.39, 0.29) is 11.9 Å². The molecule has 2 rings (SSSR count). The number of halogens is 3. The van der Waals surface area contributed by atoms with Crippen molar-refractivity contribution in [2.75, 3.05) is 27.2 Å². The summed E-state index contributed by atoms with van der Waals surface area (Å²) in [5, 5.41) is 0. The number of nitrogens with zero attached hydrogens (tertiary/aromatic N) is 2. The largest absolute Gasteiger partial charge is 0.416 e. The van der Waals surface area contributed by atoms with Crippen molar-refractivity contribution in [1.82, 2.24) is 9.80 Å². The van der Waals surface area contributed by atoms with Gasteiger partial charge in [-0.15, -0.1) is 0 Å². The van der Waals surface area contributed by atoms with Crippen molar-refractivity contribution >= 4 is 6.03 Å². The molecule has 0 unspecified atom stereocenters. The number of carbonyl (C=O) groups excluding carboxylic acids is 1. The smallest absolute Gasteiger partial charge is 0.331 e. The van der Waals surface area contributed by atoms with Gasteiger partial charge in [-0.1, -0.05) is 18.2 Å². The third-order valence-corrected chi connectivity index (χ3v) is 4.32. The normalized spacial score (nSPS) is 18.8. The molecule has 1 aromatic carbocycles. The summed E-state index contributed by atoms with van der Waals surface area (Å²) in [6.07, 6.45) is -1.37. The Hall–Kier alpha value is -1.72. The summed E-state index contributed by atoms with van der Waals surface area (Å²) in [4.78, 5) is 15.3. The molecule has 1 heterocycles. The van der Waals surface area contributed by atoms with E-state index in [9.17, 15) is 18.0 Å². The zero-order valence-corrected chi connectivity index (χ0v) is 13.6. The maximum Gasteiger partial charge on any atom is 0.416 e. The van der Waals surface area contributed by atoms with Gasteiger partial charge in [-0.2, -0.15) is 13.2 Å². The monoisotopic (exact) mass is 328 g/mol. The van der Waals surface area contributed by atoms with Crippen molar-refractivity contribution in [2.45, 2.75) is 31.9 Å². The van der Waals surface area contributed by atoms with Crippen molar-refractivity contribution in [1.29, 1.82) is 0 Å². The topological polar surface area (TPSA) is 23.6 Å². The lowest BCUT2D eigenvalue weighted by Crippen LogP contribution is -2.45. The van der Waals surface area contributed by atoms with E-state index in [1.807, 2.05) is 0 Å². The Morgan fingerprint density at radius 2 is 2.00 bits per heavy atom. The molecule has 0 spiro atoms. The third kappa shape index (κ3) is 4.62. The number of benzene rings is 1. The van der Waals surface area contributed by atoms with E-state index in [2.05, 4.69) is 0 Å². The summed E-state index contributed by atoms with van der Waals surface area (Å²) >= 11 is 0. The summed E-state index contributed by atoms with van der Waals surface area (Å²) in [5.41, 5.74) is -0.201. The standard InChI is InChI=1S/C17H23F3N2O/c1-21(2)16(23)22-11-5-6-13(12-22)9-10-14-7-3-4-8-15(14)17(18,19)20/h3-4,7-8,13H,5-6,9-12H2,1-2H3/t13-/m0/s1. The van der Waals surface area contributed by atoms with Gasteiger partial charge in [0.2, 0.25) is 0 Å². The van der Waals surface area contributed by atoms with Crippen molar-refractivity contribution in [3.63, 3.8) is 0 Å². The van der Waals surface area contributed by atoms with E-state index >= 15 is 0 Å². The van der Waals surface area contributed by atoms with Crippen molar-refractivity contribution in [2.24, 2.45) is 5.92 Å². The Balaban J connectivity index is 1.98. The number of hydrogen-bond acceptors (Lipinski definition) is 1. The number of amides is 2. The van der Waals surface area contributed by atoms with Crippen LogP contribution in [0.2, 0.25) is 0 Å². The van der Waals surface area contributed by atoms with E-state index in [4.69, 9.17) is 0 Å². The SMILES string of the molecule is CN(C)C(=O)N1CCC[C@@H](CCc2ccccc2C(F)(F)F)C1. The third-order valence-electron chi connectivity index (χ3n) is 4.32. The van der Waals surface area contributed by atoms with Gasteiger partial charge in [-0.3, -0.25) is 0 Å². The van der Waals surface area contributed by atoms with Crippen LogP contribution in [0.15, 0.2) is 24.3 Å². The van der Waals surface area contributed by atoms with Crippen LogP contribution in [-0.2, 0) is 12.6 Å². The molecule has 1 atom stereocenters. The molecule has 128 valence electrons. The highest BCUT2D eigenvalue weighted by atomic mass is 19.4. The second-order valence-corrected chi connectivity index (χ2v) is 6.32. The fourth-order valence-corrected chi connectivity index (χ4v) is 3.13. The molecule has 0 radical (unpaired) electrons. The maximum atomic E-state index is 13.0. The van der Waals surface area contributed by atoms with Gasteiger partial charge in [0.15, 0.2) is 0 Å². The molecule has 2 amide bonds. The van der Waals surface area contributed by atoms with Crippen LogP contribution in [0.5, 0.6) is 0 Å². The number of carbonyl (C=O) groups is 1. The quantitative estimate of drug-likeness (QED) is 0.822. The number of aryl methyl sites for hydroxylation is 1. The molecule has 1 saturated heterocycles. The lowest BCUT2D eigenvalue weighted by atomic mass is 9.90. The van der Waals surface area contributed by atoms with E-state index < -0.39 is 11.7 Å². The highest BCUT2D eigenvalue weighted by molar-refractivity contribution is 5.73. The van der Waals surface area contributed by atoms with Gasteiger partial charge in [-0.25, -0.2) is 4.79 Å². The number of piperidine rings is 1. The predicted molar refractivity (Wildman–Crippen MR) is 83.1 cm³/mol. The second kappa shape index (κ2) is 7.23. The first-order chi connectivity index (χ1) is 10.8. The summed E-state index contributed by atoms with van der Waals surface area (Å²) in [6.45, 7) is 1.36. The van der Waals surface area contributed by atoms with Crippen LogP contribution in [0, 0.1) is 5.92 Å². The molecule has 0 N–H and O–H groups in total. The summed E-state index contributed by atoms with van der Waals surface area (Å²) in [7, 11) is 3.43. The Kier molecular flexibility index (Phi) is 5.55. The predicted octanol–water partition coefficient (Wildman–Crippen LogP) is 4.03. The molecule has 3 nitrogen and oxygen atoms in total. The Labute approximate surface area is 135 Å². The second-order valence-electron chi connectivity index (χ2n) is 6.32. The Morgan fingerprint density at radius 1 is 1.30 bits per heavy atom. The average Bonchev–Trinajstić information content (AvgIpc) is 2.51. The zero-order chi connectivity index (χ0) is 17.0. The van der Waals surface area contributed by atoms with E-state index in [1.54, 1.807) is 36.0 Å². The minimum absolute atomic E-state index is 0.0228. The Bertz CT molecular complexity index is 543. The average molecular weight is 328 g/mol. The lowest BCUT2D eigenvalue weighted by Gasteiger charge is -2.34. The summed E-state index contributed by atoms with van der Waals surface area (Å²) < 4.78 is 39.0. The summed E-state index contributed by atoms with van der Waals surface area (Å²) in [6, 6.07) is 5.73. The molecular formula is C17H23F3N2O. The molecular weight excluding hydrogens is 305 g/mol. The van der Waals surface area contributed by atoms with E-state index in [1.165, 1.54) is 6.07 Å². The molecule has 23 heavy (non-hydrogen) atoms. The van der Waals surface area contributed by atoms with Gasteiger partial charge >= 0.3 is 12.2 Å². The molecule has 1 fully saturated rings. The number of urea groups is 1. The van der Waals surface area contributed by atoms with Crippen molar-refractivity contribution in [3.05, 3.63) is 35.4 Å².